The number of nitrogens with one attached hydrogen (secondary N) is 1. The van der Waals surface area contributed by atoms with Crippen LogP contribution >= 0.6 is 45.2 Å². The van der Waals surface area contributed by atoms with Crippen LogP contribution in [0.1, 0.15) is 26.3 Å². The number of rotatable bonds is 5. The van der Waals surface area contributed by atoms with E-state index < -0.39 is 59.7 Å². The van der Waals surface area contributed by atoms with Gasteiger partial charge in [0, 0.05) is 25.3 Å². The topological polar surface area (TPSA) is 49.4 Å². The zero-order valence-electron chi connectivity index (χ0n) is 19.1. The molecule has 4 nitrogen and oxygen atoms in total. The number of alkyl halides is 7. The van der Waals surface area contributed by atoms with Crippen molar-refractivity contribution in [2.45, 2.75) is 18.0 Å². The van der Waals surface area contributed by atoms with E-state index in [2.05, 4.69) is 5.32 Å². The Balaban J connectivity index is 1.96. The lowest BCUT2D eigenvalue weighted by molar-refractivity contribution is -0.348. The van der Waals surface area contributed by atoms with Crippen molar-refractivity contribution in [3.8, 4) is 0 Å². The van der Waals surface area contributed by atoms with Gasteiger partial charge in [0.1, 0.15) is 5.82 Å². The van der Waals surface area contributed by atoms with Crippen LogP contribution in [-0.2, 0) is 5.67 Å². The van der Waals surface area contributed by atoms with Gasteiger partial charge < -0.3 is 10.2 Å². The van der Waals surface area contributed by atoms with E-state index in [0.29, 0.717) is 0 Å². The first-order valence-corrected chi connectivity index (χ1v) is 12.5. The summed E-state index contributed by atoms with van der Waals surface area (Å²) in [5, 5.41) is 2.19. The Hall–Kier alpha value is -2.57. The van der Waals surface area contributed by atoms with Crippen molar-refractivity contribution in [2.75, 3.05) is 17.3 Å². The van der Waals surface area contributed by atoms with Crippen LogP contribution < -0.4 is 10.2 Å². The molecule has 0 saturated heterocycles. The Kier molecular flexibility index (Phi) is 8.84. The summed E-state index contributed by atoms with van der Waals surface area (Å²) in [6.45, 7) is 0. The van der Waals surface area contributed by atoms with Crippen LogP contribution in [0.5, 0.6) is 0 Å². The van der Waals surface area contributed by atoms with Gasteiger partial charge in [0.2, 0.25) is 0 Å². The van der Waals surface area contributed by atoms with E-state index in [4.69, 9.17) is 0 Å². The van der Waals surface area contributed by atoms with Crippen LogP contribution in [0.3, 0.4) is 0 Å². The minimum Gasteiger partial charge on any atom is -0.320 e. The fourth-order valence-electron chi connectivity index (χ4n) is 3.44. The monoisotopic (exact) mass is 786 g/mol. The van der Waals surface area contributed by atoms with E-state index in [1.165, 1.54) is 70.4 Å². The van der Waals surface area contributed by atoms with E-state index >= 15 is 4.39 Å². The number of anilines is 2. The van der Waals surface area contributed by atoms with Crippen molar-refractivity contribution in [2.24, 2.45) is 0 Å². The number of carbonyl (C=O) groups excluding carboxylic acids is 2. The largest absolute Gasteiger partial charge is 0.435 e. The summed E-state index contributed by atoms with van der Waals surface area (Å²) in [6.07, 6.45) is -12.7. The fourth-order valence-corrected chi connectivity index (χ4v) is 5.48. The third-order valence-electron chi connectivity index (χ3n) is 5.42. The SMILES string of the molecule is CN(C(=O)c1cccc(F)c1)c1cccc(C(=O)Nc2c(I)cc(C(F)(C(F)(F)F)C(F)(F)F)cc2I)c1F. The second-order valence-electron chi connectivity index (χ2n) is 7.94. The van der Waals surface area contributed by atoms with Gasteiger partial charge in [-0.2, -0.15) is 26.3 Å². The Morgan fingerprint density at radius 1 is 0.821 bits per heavy atom. The molecule has 2 amide bonds. The zero-order valence-corrected chi connectivity index (χ0v) is 23.4. The third-order valence-corrected chi connectivity index (χ3v) is 7.12. The predicted octanol–water partition coefficient (Wildman–Crippen LogP) is 7.99. The molecule has 0 aromatic heterocycles. The summed E-state index contributed by atoms with van der Waals surface area (Å²) < 4.78 is 121. The second-order valence-corrected chi connectivity index (χ2v) is 10.3. The minimum atomic E-state index is -6.33. The molecule has 208 valence electrons. The number of halogens is 11. The lowest BCUT2D eigenvalue weighted by Crippen LogP contribution is -2.50. The molecule has 1 N–H and O–H groups in total. The van der Waals surface area contributed by atoms with E-state index in [0.717, 1.165) is 29.2 Å². The minimum absolute atomic E-state index is 0.113. The van der Waals surface area contributed by atoms with Gasteiger partial charge in [-0.25, -0.2) is 13.2 Å². The van der Waals surface area contributed by atoms with Gasteiger partial charge in [-0.05, 0) is 87.6 Å². The summed E-state index contributed by atoms with van der Waals surface area (Å²) >= 11 is 2.61. The molecule has 0 spiro atoms. The Morgan fingerprint density at radius 2 is 1.36 bits per heavy atom. The van der Waals surface area contributed by atoms with Crippen molar-refractivity contribution < 1.29 is 49.1 Å². The highest BCUT2D eigenvalue weighted by molar-refractivity contribution is 14.1. The zero-order chi connectivity index (χ0) is 29.5. The molecule has 3 aromatic rings. The first-order chi connectivity index (χ1) is 17.9. The van der Waals surface area contributed by atoms with Crippen LogP contribution in [0.15, 0.2) is 54.6 Å². The molecular weight excluding hydrogens is 773 g/mol. The molecule has 0 bridgehead atoms. The van der Waals surface area contributed by atoms with E-state index in [1.54, 1.807) is 0 Å². The number of hydrogen-bond donors (Lipinski definition) is 1. The highest BCUT2D eigenvalue weighted by Gasteiger charge is 2.73. The molecular formula is C24H13F9I2N2O2. The molecule has 0 aliphatic carbocycles. The van der Waals surface area contributed by atoms with Crippen LogP contribution in [0.2, 0.25) is 0 Å². The van der Waals surface area contributed by atoms with Crippen LogP contribution in [0, 0.1) is 18.8 Å². The molecule has 15 heteroatoms. The Bertz CT molecular complexity index is 1400. The maximum atomic E-state index is 15.3. The molecule has 0 fully saturated rings. The van der Waals surface area contributed by atoms with Gasteiger partial charge in [-0.1, -0.05) is 12.1 Å². The number of hydrogen-bond acceptors (Lipinski definition) is 2. The van der Waals surface area contributed by atoms with Gasteiger partial charge in [0.05, 0.1) is 16.9 Å². The highest BCUT2D eigenvalue weighted by atomic mass is 127. The van der Waals surface area contributed by atoms with Crippen molar-refractivity contribution in [3.05, 3.63) is 90.1 Å². The molecule has 3 rings (SSSR count). The molecule has 0 atom stereocenters. The van der Waals surface area contributed by atoms with Gasteiger partial charge in [0.15, 0.2) is 5.82 Å². The summed E-state index contributed by atoms with van der Waals surface area (Å²) in [5.41, 5.74) is -8.85. The lowest BCUT2D eigenvalue weighted by Gasteiger charge is -2.31. The first kappa shape index (κ1) is 31.0. The quantitative estimate of drug-likeness (QED) is 0.211. The average Bonchev–Trinajstić information content (AvgIpc) is 2.83. The number of nitrogens with zero attached hydrogens (tertiary/aromatic N) is 1. The molecule has 0 radical (unpaired) electrons. The lowest BCUT2D eigenvalue weighted by atomic mass is 9.94. The molecule has 3 aromatic carbocycles. The van der Waals surface area contributed by atoms with Crippen LogP contribution in [0.4, 0.5) is 50.9 Å². The molecule has 0 unspecified atom stereocenters. The summed E-state index contributed by atoms with van der Waals surface area (Å²) in [7, 11) is 1.17. The molecule has 39 heavy (non-hydrogen) atoms. The van der Waals surface area contributed by atoms with Crippen LogP contribution in [-0.4, -0.2) is 31.2 Å². The predicted molar refractivity (Wildman–Crippen MR) is 140 cm³/mol. The second kappa shape index (κ2) is 11.1. The van der Waals surface area contributed by atoms with Crippen LogP contribution in [0.25, 0.3) is 0 Å². The third kappa shape index (κ3) is 5.97. The number of benzene rings is 3. The van der Waals surface area contributed by atoms with Crippen molar-refractivity contribution in [1.82, 2.24) is 0 Å². The molecule has 0 aliphatic rings. The summed E-state index contributed by atoms with van der Waals surface area (Å²) in [6, 6.07) is 8.50. The summed E-state index contributed by atoms with van der Waals surface area (Å²) in [5.74, 6) is -3.88. The standard InChI is InChI=1S/C24H13F9I2N2O2/c1-37(21(39)11-4-2-5-13(25)8-11)17-7-3-6-14(18(17)26)20(38)36-19-15(34)9-12(10-16(19)35)22(27,23(28,29)30)24(31,32)33/h2-10H,1H3,(H,36,38). The molecule has 0 saturated carbocycles. The first-order valence-electron chi connectivity index (χ1n) is 10.4. The number of amides is 2. The highest BCUT2D eigenvalue weighted by Crippen LogP contribution is 2.54. The smallest absolute Gasteiger partial charge is 0.320 e. The molecule has 0 heterocycles. The van der Waals surface area contributed by atoms with E-state index in [1.807, 2.05) is 0 Å². The maximum Gasteiger partial charge on any atom is 0.435 e. The maximum absolute atomic E-state index is 15.3. The average molecular weight is 786 g/mol. The Labute approximate surface area is 241 Å². The van der Waals surface area contributed by atoms with Gasteiger partial charge >= 0.3 is 18.0 Å². The van der Waals surface area contributed by atoms with Gasteiger partial charge in [-0.3, -0.25) is 9.59 Å². The Morgan fingerprint density at radius 3 is 1.87 bits per heavy atom. The van der Waals surface area contributed by atoms with Crippen molar-refractivity contribution in [3.63, 3.8) is 0 Å². The molecule has 0 aliphatic heterocycles. The van der Waals surface area contributed by atoms with E-state index in [9.17, 15) is 44.7 Å². The fraction of sp³-hybridized carbons (Fsp3) is 0.167. The normalized spacial score (nSPS) is 12.3. The van der Waals surface area contributed by atoms with Crippen molar-refractivity contribution >= 4 is 68.4 Å². The number of carbonyl (C=O) groups is 2. The van der Waals surface area contributed by atoms with E-state index in [-0.39, 0.29) is 29.1 Å². The summed E-state index contributed by atoms with van der Waals surface area (Å²) in [4.78, 5) is 26.3. The van der Waals surface area contributed by atoms with Gasteiger partial charge in [-0.15, -0.1) is 0 Å². The van der Waals surface area contributed by atoms with Crippen molar-refractivity contribution in [1.29, 1.82) is 0 Å². The van der Waals surface area contributed by atoms with Gasteiger partial charge in [0.25, 0.3) is 11.8 Å².